The Balaban J connectivity index is 1.61. The summed E-state index contributed by atoms with van der Waals surface area (Å²) in [5.41, 5.74) is 2.91. The Morgan fingerprint density at radius 3 is 2.32 bits per heavy atom. The Hall–Kier alpha value is -4.56. The number of fused-ring (bicyclic) bond motifs is 1. The number of hydrogen-bond donors (Lipinski definition) is 2. The van der Waals surface area contributed by atoms with E-state index in [1.54, 1.807) is 48.5 Å². The van der Waals surface area contributed by atoms with Crippen LogP contribution in [0, 0.1) is 0 Å². The normalized spacial score (nSPS) is 15.3. The lowest BCUT2D eigenvalue weighted by molar-refractivity contribution is -0.117. The minimum atomic E-state index is -0.922. The number of aliphatic hydroxyl groups excluding tert-OH is 1. The fourth-order valence-corrected chi connectivity index (χ4v) is 4.72. The van der Waals surface area contributed by atoms with E-state index >= 15 is 0 Å². The Kier molecular flexibility index (Phi) is 6.42. The van der Waals surface area contributed by atoms with Gasteiger partial charge in [-0.2, -0.15) is 0 Å². The van der Waals surface area contributed by atoms with Crippen LogP contribution in [-0.2, 0) is 9.59 Å². The quantitative estimate of drug-likeness (QED) is 0.302. The summed E-state index contributed by atoms with van der Waals surface area (Å²) in [6.07, 6.45) is 0. The van der Waals surface area contributed by atoms with Gasteiger partial charge in [0.25, 0.3) is 5.91 Å². The van der Waals surface area contributed by atoms with Gasteiger partial charge in [-0.25, -0.2) is 0 Å². The van der Waals surface area contributed by atoms with Crippen molar-refractivity contribution in [2.45, 2.75) is 13.0 Å². The first-order valence-corrected chi connectivity index (χ1v) is 12.2. The van der Waals surface area contributed by atoms with Crippen molar-refractivity contribution in [2.24, 2.45) is 0 Å². The van der Waals surface area contributed by atoms with Gasteiger partial charge in [0.1, 0.15) is 5.58 Å². The van der Waals surface area contributed by atoms with E-state index in [2.05, 4.69) is 5.32 Å². The zero-order chi connectivity index (χ0) is 27.1. The summed E-state index contributed by atoms with van der Waals surface area (Å²) in [4.78, 5) is 41.9. The number of anilines is 3. The molecule has 4 aromatic rings. The van der Waals surface area contributed by atoms with Crippen LogP contribution in [0.3, 0.4) is 0 Å². The second-order valence-corrected chi connectivity index (χ2v) is 9.61. The van der Waals surface area contributed by atoms with Gasteiger partial charge >= 0.3 is 0 Å². The SMILES string of the molecule is CC(=O)Nc1ccc(N2C(=O)C(O)=C(C(=O)c3cc4cc(Cl)ccc4o3)C2c2ccc(N(C)C)cc2)cc1. The van der Waals surface area contributed by atoms with Crippen molar-refractivity contribution in [3.8, 4) is 0 Å². The van der Waals surface area contributed by atoms with Crippen molar-refractivity contribution < 1.29 is 23.9 Å². The summed E-state index contributed by atoms with van der Waals surface area (Å²) in [7, 11) is 3.82. The first kappa shape index (κ1) is 25.1. The third kappa shape index (κ3) is 4.50. The molecule has 3 aromatic carbocycles. The Bertz CT molecular complexity index is 1600. The molecule has 0 spiro atoms. The molecule has 1 atom stereocenters. The van der Waals surface area contributed by atoms with Gasteiger partial charge in [0, 0.05) is 48.5 Å². The number of aliphatic hydroxyl groups is 1. The molecule has 1 aliphatic rings. The molecule has 0 bridgehead atoms. The van der Waals surface area contributed by atoms with E-state index in [0.29, 0.717) is 32.9 Å². The lowest BCUT2D eigenvalue weighted by Crippen LogP contribution is -2.31. The van der Waals surface area contributed by atoms with Crippen molar-refractivity contribution in [1.82, 2.24) is 0 Å². The van der Waals surface area contributed by atoms with Crippen molar-refractivity contribution in [2.75, 3.05) is 29.2 Å². The molecule has 2 amide bonds. The molecule has 38 heavy (non-hydrogen) atoms. The lowest BCUT2D eigenvalue weighted by atomic mass is 9.94. The highest BCUT2D eigenvalue weighted by Gasteiger charge is 2.45. The number of carbonyl (C=O) groups excluding carboxylic acids is 3. The van der Waals surface area contributed by atoms with E-state index < -0.39 is 23.5 Å². The second-order valence-electron chi connectivity index (χ2n) is 9.18. The van der Waals surface area contributed by atoms with Crippen LogP contribution in [0.4, 0.5) is 17.1 Å². The summed E-state index contributed by atoms with van der Waals surface area (Å²) >= 11 is 6.09. The zero-order valence-corrected chi connectivity index (χ0v) is 21.6. The number of amides is 2. The van der Waals surface area contributed by atoms with Gasteiger partial charge in [-0.3, -0.25) is 19.3 Å². The highest BCUT2D eigenvalue weighted by Crippen LogP contribution is 2.43. The number of rotatable bonds is 6. The van der Waals surface area contributed by atoms with Crippen LogP contribution in [0.5, 0.6) is 0 Å². The van der Waals surface area contributed by atoms with Crippen LogP contribution in [0.25, 0.3) is 11.0 Å². The number of hydrogen-bond acceptors (Lipinski definition) is 6. The summed E-state index contributed by atoms with van der Waals surface area (Å²) in [5, 5.41) is 14.8. The van der Waals surface area contributed by atoms with Crippen LogP contribution in [-0.4, -0.2) is 36.8 Å². The molecule has 1 aliphatic heterocycles. The first-order chi connectivity index (χ1) is 18.1. The highest BCUT2D eigenvalue weighted by atomic mass is 35.5. The van der Waals surface area contributed by atoms with Gasteiger partial charge in [-0.1, -0.05) is 23.7 Å². The third-order valence-corrected chi connectivity index (χ3v) is 6.58. The van der Waals surface area contributed by atoms with E-state index in [9.17, 15) is 19.5 Å². The maximum absolute atomic E-state index is 13.8. The van der Waals surface area contributed by atoms with Gasteiger partial charge in [-0.15, -0.1) is 0 Å². The molecular formula is C29H24ClN3O5. The number of Topliss-reactive ketones (excluding diaryl/α,β-unsaturated/α-hetero) is 1. The van der Waals surface area contributed by atoms with E-state index in [1.807, 2.05) is 43.3 Å². The first-order valence-electron chi connectivity index (χ1n) is 11.8. The smallest absolute Gasteiger partial charge is 0.294 e. The average molecular weight is 530 g/mol. The Labute approximate surface area is 223 Å². The molecule has 9 heteroatoms. The number of furan rings is 1. The number of nitrogens with one attached hydrogen (secondary N) is 1. The van der Waals surface area contributed by atoms with E-state index in [-0.39, 0.29) is 17.2 Å². The number of nitrogens with zero attached hydrogens (tertiary/aromatic N) is 2. The number of ketones is 1. The fourth-order valence-electron chi connectivity index (χ4n) is 4.54. The molecule has 0 aliphatic carbocycles. The van der Waals surface area contributed by atoms with Gasteiger partial charge in [0.15, 0.2) is 11.5 Å². The van der Waals surface area contributed by atoms with Crippen LogP contribution < -0.4 is 15.1 Å². The van der Waals surface area contributed by atoms with Crippen molar-refractivity contribution in [1.29, 1.82) is 0 Å². The van der Waals surface area contributed by atoms with Crippen LogP contribution in [0.2, 0.25) is 5.02 Å². The molecule has 2 N–H and O–H groups in total. The molecular weight excluding hydrogens is 506 g/mol. The molecule has 0 saturated heterocycles. The minimum Gasteiger partial charge on any atom is -0.503 e. The molecule has 2 heterocycles. The molecule has 192 valence electrons. The predicted molar refractivity (Wildman–Crippen MR) is 147 cm³/mol. The lowest BCUT2D eigenvalue weighted by Gasteiger charge is -2.27. The number of carbonyl (C=O) groups is 3. The minimum absolute atomic E-state index is 0.0191. The molecule has 5 rings (SSSR count). The third-order valence-electron chi connectivity index (χ3n) is 6.35. The maximum atomic E-state index is 13.8. The molecule has 0 saturated carbocycles. The van der Waals surface area contributed by atoms with Crippen LogP contribution >= 0.6 is 11.6 Å². The number of halogens is 1. The maximum Gasteiger partial charge on any atom is 0.294 e. The Morgan fingerprint density at radius 2 is 1.68 bits per heavy atom. The van der Waals surface area contributed by atoms with Gasteiger partial charge in [0.05, 0.1) is 11.6 Å². The summed E-state index contributed by atoms with van der Waals surface area (Å²) < 4.78 is 5.78. The summed E-state index contributed by atoms with van der Waals surface area (Å²) in [6.45, 7) is 1.40. The fraction of sp³-hybridized carbons (Fsp3) is 0.138. The van der Waals surface area contributed by atoms with Crippen LogP contribution in [0.1, 0.15) is 29.1 Å². The Morgan fingerprint density at radius 1 is 1.00 bits per heavy atom. The summed E-state index contributed by atoms with van der Waals surface area (Å²) in [6, 6.07) is 19.6. The molecule has 0 fully saturated rings. The molecule has 1 unspecified atom stereocenters. The standard InChI is InChI=1S/C29H24ClN3O5/c1-16(34)31-20-7-11-22(12-8-20)33-26(17-4-9-21(10-5-17)32(2)3)25(28(36)29(33)37)27(35)24-15-18-14-19(30)6-13-23(18)38-24/h4-15,26,36H,1-3H3,(H,31,34). The highest BCUT2D eigenvalue weighted by molar-refractivity contribution is 6.31. The molecule has 8 nitrogen and oxygen atoms in total. The second kappa shape index (κ2) is 9.72. The average Bonchev–Trinajstić information content (AvgIpc) is 3.42. The van der Waals surface area contributed by atoms with E-state index in [4.69, 9.17) is 16.0 Å². The largest absolute Gasteiger partial charge is 0.503 e. The van der Waals surface area contributed by atoms with Crippen molar-refractivity contribution in [3.05, 3.63) is 100 Å². The van der Waals surface area contributed by atoms with Crippen molar-refractivity contribution >= 4 is 57.2 Å². The van der Waals surface area contributed by atoms with Crippen molar-refractivity contribution in [3.63, 3.8) is 0 Å². The van der Waals surface area contributed by atoms with Crippen LogP contribution in [0.15, 0.2) is 88.5 Å². The molecule has 0 radical (unpaired) electrons. The van der Waals surface area contributed by atoms with E-state index in [1.165, 1.54) is 11.8 Å². The zero-order valence-electron chi connectivity index (χ0n) is 20.9. The molecule has 1 aromatic heterocycles. The van der Waals surface area contributed by atoms with Gasteiger partial charge in [-0.05, 0) is 66.2 Å². The topological polar surface area (TPSA) is 103 Å². The van der Waals surface area contributed by atoms with Gasteiger partial charge in [0.2, 0.25) is 11.7 Å². The van der Waals surface area contributed by atoms with E-state index in [0.717, 1.165) is 5.69 Å². The summed E-state index contributed by atoms with van der Waals surface area (Å²) in [5.74, 6) is -2.23. The number of benzene rings is 3. The monoisotopic (exact) mass is 529 g/mol. The predicted octanol–water partition coefficient (Wildman–Crippen LogP) is 5.89. The van der Waals surface area contributed by atoms with Gasteiger partial charge < -0.3 is 19.7 Å².